The topological polar surface area (TPSA) is 74.9 Å². The number of ether oxygens (including phenoxy) is 2. The van der Waals surface area contributed by atoms with Crippen LogP contribution in [0.4, 0.5) is 4.79 Å². The highest BCUT2D eigenvalue weighted by Gasteiger charge is 2.37. The standard InChI is InChI=1S/C21H34N4O3S/c1-6-10-23-21(26)25-11-9-14-12-17(27-4)18(28-5)13-15(14)19(25)16(7-2)24-20(29)22-8-3/h12-13,16,19H,6-11H2,1-5H3,(H,23,26)(H2,22,24,29)/t16-,19-/m0/s1. The van der Waals surface area contributed by atoms with E-state index in [4.69, 9.17) is 21.7 Å². The smallest absolute Gasteiger partial charge is 0.317 e. The van der Waals surface area contributed by atoms with Gasteiger partial charge in [0.15, 0.2) is 16.6 Å². The summed E-state index contributed by atoms with van der Waals surface area (Å²) in [6.07, 6.45) is 2.47. The van der Waals surface area contributed by atoms with Crippen LogP contribution in [0.5, 0.6) is 11.5 Å². The molecule has 8 heteroatoms. The first-order valence-electron chi connectivity index (χ1n) is 10.3. The van der Waals surface area contributed by atoms with Gasteiger partial charge in [0.1, 0.15) is 0 Å². The number of methoxy groups -OCH3 is 2. The Morgan fingerprint density at radius 2 is 1.90 bits per heavy atom. The van der Waals surface area contributed by atoms with Gasteiger partial charge in [-0.2, -0.15) is 0 Å². The molecule has 3 N–H and O–H groups in total. The van der Waals surface area contributed by atoms with Crippen molar-refractivity contribution < 1.29 is 14.3 Å². The Labute approximate surface area is 179 Å². The largest absolute Gasteiger partial charge is 0.493 e. The van der Waals surface area contributed by atoms with Gasteiger partial charge in [-0.3, -0.25) is 0 Å². The highest BCUT2D eigenvalue weighted by atomic mass is 32.1. The number of nitrogens with zero attached hydrogens (tertiary/aromatic N) is 1. The van der Waals surface area contributed by atoms with Crippen LogP contribution in [0.25, 0.3) is 0 Å². The Morgan fingerprint density at radius 3 is 2.48 bits per heavy atom. The molecule has 7 nitrogen and oxygen atoms in total. The van der Waals surface area contributed by atoms with E-state index in [2.05, 4.69) is 22.9 Å². The summed E-state index contributed by atoms with van der Waals surface area (Å²) in [5, 5.41) is 10.2. The molecular formula is C21H34N4O3S. The summed E-state index contributed by atoms with van der Waals surface area (Å²) in [5.74, 6) is 1.37. The van der Waals surface area contributed by atoms with E-state index < -0.39 is 0 Å². The number of fused-ring (bicyclic) bond motifs is 1. The van der Waals surface area contributed by atoms with Crippen molar-refractivity contribution in [2.45, 2.75) is 52.1 Å². The summed E-state index contributed by atoms with van der Waals surface area (Å²) >= 11 is 5.44. The molecule has 0 aromatic heterocycles. The van der Waals surface area contributed by atoms with Crippen molar-refractivity contribution in [2.75, 3.05) is 33.9 Å². The van der Waals surface area contributed by atoms with Gasteiger partial charge in [-0.15, -0.1) is 0 Å². The number of benzene rings is 1. The summed E-state index contributed by atoms with van der Waals surface area (Å²) in [6.45, 7) is 8.19. The minimum Gasteiger partial charge on any atom is -0.493 e. The van der Waals surface area contributed by atoms with Gasteiger partial charge in [-0.1, -0.05) is 13.8 Å². The molecule has 1 aliphatic rings. The number of thiocarbonyl (C=S) groups is 1. The van der Waals surface area contributed by atoms with E-state index in [0.717, 1.165) is 31.4 Å². The third-order valence-corrected chi connectivity index (χ3v) is 5.45. The number of hydrogen-bond acceptors (Lipinski definition) is 4. The third-order valence-electron chi connectivity index (χ3n) is 5.18. The Balaban J connectivity index is 2.47. The lowest BCUT2D eigenvalue weighted by atomic mass is 9.87. The van der Waals surface area contributed by atoms with E-state index in [1.807, 2.05) is 30.9 Å². The van der Waals surface area contributed by atoms with Crippen molar-refractivity contribution >= 4 is 23.4 Å². The molecule has 1 aromatic rings. The Hall–Kier alpha value is -2.22. The van der Waals surface area contributed by atoms with Crippen molar-refractivity contribution in [1.82, 2.24) is 20.9 Å². The SMILES string of the molecule is CCCNC(=O)N1CCc2cc(OC)c(OC)cc2[C@H]1[C@H](CC)NC(=S)NCC. The van der Waals surface area contributed by atoms with E-state index in [1.165, 1.54) is 5.56 Å². The van der Waals surface area contributed by atoms with Crippen LogP contribution in [0.3, 0.4) is 0 Å². The fraction of sp³-hybridized carbons (Fsp3) is 0.619. The molecule has 0 spiro atoms. The van der Waals surface area contributed by atoms with E-state index in [1.54, 1.807) is 14.2 Å². The first-order valence-corrected chi connectivity index (χ1v) is 10.7. The number of carbonyl (C=O) groups is 1. The highest BCUT2D eigenvalue weighted by Crippen LogP contribution is 2.40. The lowest BCUT2D eigenvalue weighted by molar-refractivity contribution is 0.152. The zero-order chi connectivity index (χ0) is 21.4. The normalized spacial score (nSPS) is 16.4. The quantitative estimate of drug-likeness (QED) is 0.559. The molecule has 0 aliphatic carbocycles. The van der Waals surface area contributed by atoms with Gasteiger partial charge in [0.05, 0.1) is 26.3 Å². The van der Waals surface area contributed by atoms with Gasteiger partial charge < -0.3 is 30.3 Å². The molecule has 0 saturated carbocycles. The first kappa shape index (κ1) is 23.1. The van der Waals surface area contributed by atoms with Gasteiger partial charge >= 0.3 is 6.03 Å². The molecule has 0 fully saturated rings. The lowest BCUT2D eigenvalue weighted by Crippen LogP contribution is -2.54. The average Bonchev–Trinajstić information content (AvgIpc) is 2.74. The predicted octanol–water partition coefficient (Wildman–Crippen LogP) is 2.99. The lowest BCUT2D eigenvalue weighted by Gasteiger charge is -2.42. The maximum atomic E-state index is 13.0. The van der Waals surface area contributed by atoms with Gasteiger partial charge in [0, 0.05) is 19.6 Å². The van der Waals surface area contributed by atoms with Crippen molar-refractivity contribution in [3.8, 4) is 11.5 Å². The molecule has 29 heavy (non-hydrogen) atoms. The average molecular weight is 423 g/mol. The first-order chi connectivity index (χ1) is 14.0. The molecule has 2 atom stereocenters. The number of urea groups is 1. The summed E-state index contributed by atoms with van der Waals surface area (Å²) < 4.78 is 11.0. The molecule has 0 saturated heterocycles. The molecule has 1 heterocycles. The van der Waals surface area contributed by atoms with Crippen LogP contribution >= 0.6 is 12.2 Å². The fourth-order valence-corrected chi connectivity index (χ4v) is 4.05. The fourth-order valence-electron chi connectivity index (χ4n) is 3.76. The van der Waals surface area contributed by atoms with E-state index in [-0.39, 0.29) is 18.1 Å². The van der Waals surface area contributed by atoms with Crippen LogP contribution in [0.2, 0.25) is 0 Å². The van der Waals surface area contributed by atoms with Crippen LogP contribution in [0, 0.1) is 0 Å². The summed E-state index contributed by atoms with van der Waals surface area (Å²) in [6, 6.07) is 3.77. The zero-order valence-corrected chi connectivity index (χ0v) is 18.9. The second-order valence-electron chi connectivity index (χ2n) is 7.04. The van der Waals surface area contributed by atoms with Crippen LogP contribution < -0.4 is 25.4 Å². The molecule has 1 aromatic carbocycles. The predicted molar refractivity (Wildman–Crippen MR) is 120 cm³/mol. The van der Waals surface area contributed by atoms with E-state index in [9.17, 15) is 4.79 Å². The molecule has 0 radical (unpaired) electrons. The zero-order valence-electron chi connectivity index (χ0n) is 18.1. The summed E-state index contributed by atoms with van der Waals surface area (Å²) in [7, 11) is 3.27. The molecule has 162 valence electrons. The van der Waals surface area contributed by atoms with E-state index >= 15 is 0 Å². The molecule has 0 unspecified atom stereocenters. The Morgan fingerprint density at radius 1 is 1.21 bits per heavy atom. The minimum absolute atomic E-state index is 0.0360. The Bertz CT molecular complexity index is 713. The monoisotopic (exact) mass is 422 g/mol. The maximum Gasteiger partial charge on any atom is 0.317 e. The number of carbonyl (C=O) groups excluding carboxylic acids is 1. The van der Waals surface area contributed by atoms with Crippen molar-refractivity contribution in [3.63, 3.8) is 0 Å². The second kappa shape index (κ2) is 11.1. The van der Waals surface area contributed by atoms with Gasteiger partial charge in [-0.25, -0.2) is 4.79 Å². The number of amides is 2. The third kappa shape index (κ3) is 5.44. The molecule has 1 aliphatic heterocycles. The van der Waals surface area contributed by atoms with Gasteiger partial charge in [0.2, 0.25) is 0 Å². The van der Waals surface area contributed by atoms with Crippen LogP contribution in [0.1, 0.15) is 50.8 Å². The summed E-state index contributed by atoms with van der Waals surface area (Å²) in [5.41, 5.74) is 2.24. The number of nitrogens with one attached hydrogen (secondary N) is 3. The highest BCUT2D eigenvalue weighted by molar-refractivity contribution is 7.80. The number of rotatable bonds is 8. The summed E-state index contributed by atoms with van der Waals surface area (Å²) in [4.78, 5) is 14.9. The number of hydrogen-bond donors (Lipinski definition) is 3. The molecule has 2 amide bonds. The minimum atomic E-state index is -0.169. The van der Waals surface area contributed by atoms with Gasteiger partial charge in [0.25, 0.3) is 0 Å². The maximum absolute atomic E-state index is 13.0. The van der Waals surface area contributed by atoms with Crippen LogP contribution in [0.15, 0.2) is 12.1 Å². The second-order valence-corrected chi connectivity index (χ2v) is 7.45. The van der Waals surface area contributed by atoms with Crippen molar-refractivity contribution in [3.05, 3.63) is 23.3 Å². The Kier molecular flexibility index (Phi) is 8.82. The van der Waals surface area contributed by atoms with Crippen LogP contribution in [-0.2, 0) is 6.42 Å². The molecular weight excluding hydrogens is 388 g/mol. The van der Waals surface area contributed by atoms with Crippen LogP contribution in [-0.4, -0.2) is 55.9 Å². The van der Waals surface area contributed by atoms with Crippen molar-refractivity contribution in [2.24, 2.45) is 0 Å². The molecule has 2 rings (SSSR count). The van der Waals surface area contributed by atoms with Gasteiger partial charge in [-0.05, 0) is 61.7 Å². The van der Waals surface area contributed by atoms with Crippen molar-refractivity contribution in [1.29, 1.82) is 0 Å². The van der Waals surface area contributed by atoms with E-state index in [0.29, 0.717) is 29.7 Å². The molecule has 0 bridgehead atoms.